The summed E-state index contributed by atoms with van der Waals surface area (Å²) in [6.07, 6.45) is 0. The van der Waals surface area contributed by atoms with Crippen LogP contribution in [0.1, 0.15) is 15.9 Å². The van der Waals surface area contributed by atoms with E-state index in [4.69, 9.17) is 5.73 Å². The lowest BCUT2D eigenvalue weighted by Gasteiger charge is -2.03. The van der Waals surface area contributed by atoms with Gasteiger partial charge in [0.05, 0.1) is 5.56 Å². The molecule has 0 aliphatic rings. The van der Waals surface area contributed by atoms with Crippen molar-refractivity contribution in [2.75, 3.05) is 0 Å². The zero-order valence-electron chi connectivity index (χ0n) is 6.18. The first kappa shape index (κ1) is 9.44. The second kappa shape index (κ2) is 3.84. The van der Waals surface area contributed by atoms with Gasteiger partial charge in [-0.3, -0.25) is 4.79 Å². The number of carbonyl (C=O) groups is 1. The summed E-state index contributed by atoms with van der Waals surface area (Å²) in [6.45, 7) is 0. The monoisotopic (exact) mass is 279 g/mol. The van der Waals surface area contributed by atoms with Gasteiger partial charge < -0.3 is 5.73 Å². The van der Waals surface area contributed by atoms with Gasteiger partial charge in [0.2, 0.25) is 0 Å². The Morgan fingerprint density at radius 1 is 1.58 bits per heavy atom. The molecule has 0 heterocycles. The van der Waals surface area contributed by atoms with Crippen molar-refractivity contribution >= 4 is 28.5 Å². The number of nitrogens with two attached hydrogens (primary N) is 1. The first-order valence-corrected chi connectivity index (χ1v) is 4.82. The summed E-state index contributed by atoms with van der Waals surface area (Å²) in [5, 5.41) is 0. The Hall–Kier alpha value is -0.650. The fraction of sp³-hybridized carbons (Fsp3) is 0.125. The minimum absolute atomic E-state index is 0.00639. The van der Waals surface area contributed by atoms with Crippen LogP contribution in [0, 0.1) is 5.82 Å². The van der Waals surface area contributed by atoms with E-state index in [1.54, 1.807) is 12.1 Å². The van der Waals surface area contributed by atoms with Crippen LogP contribution in [0.25, 0.3) is 0 Å². The van der Waals surface area contributed by atoms with Crippen LogP contribution in [-0.2, 0) is 4.43 Å². The Kier molecular flexibility index (Phi) is 3.02. The Balaban J connectivity index is 3.29. The lowest BCUT2D eigenvalue weighted by Crippen LogP contribution is -2.15. The molecule has 64 valence electrons. The Morgan fingerprint density at radius 3 is 2.67 bits per heavy atom. The minimum atomic E-state index is -0.709. The van der Waals surface area contributed by atoms with Gasteiger partial charge in [-0.2, -0.15) is 0 Å². The van der Waals surface area contributed by atoms with Crippen LogP contribution in [0.5, 0.6) is 0 Å². The van der Waals surface area contributed by atoms with Crippen LogP contribution in [-0.4, -0.2) is 5.91 Å². The summed E-state index contributed by atoms with van der Waals surface area (Å²) in [5.41, 5.74) is 5.66. The molecule has 1 aromatic rings. The van der Waals surface area contributed by atoms with Gasteiger partial charge >= 0.3 is 0 Å². The van der Waals surface area contributed by atoms with E-state index in [1.807, 2.05) is 0 Å². The lowest BCUT2D eigenvalue weighted by molar-refractivity contribution is 0.0996. The molecular weight excluding hydrogens is 272 g/mol. The van der Waals surface area contributed by atoms with E-state index in [0.29, 0.717) is 9.99 Å². The van der Waals surface area contributed by atoms with Crippen molar-refractivity contribution in [1.29, 1.82) is 0 Å². The van der Waals surface area contributed by atoms with Crippen molar-refractivity contribution in [3.8, 4) is 0 Å². The number of primary amides is 1. The molecule has 0 aliphatic heterocycles. The van der Waals surface area contributed by atoms with E-state index in [-0.39, 0.29) is 5.56 Å². The summed E-state index contributed by atoms with van der Waals surface area (Å²) in [4.78, 5) is 10.8. The van der Waals surface area contributed by atoms with E-state index in [0.717, 1.165) is 0 Å². The highest BCUT2D eigenvalue weighted by Crippen LogP contribution is 2.15. The molecule has 0 atom stereocenters. The molecule has 0 radical (unpaired) electrons. The predicted octanol–water partition coefficient (Wildman–Crippen LogP) is 1.86. The number of rotatable bonds is 2. The van der Waals surface area contributed by atoms with Crippen LogP contribution in [0.4, 0.5) is 4.39 Å². The number of amides is 1. The van der Waals surface area contributed by atoms with Gasteiger partial charge in [-0.15, -0.1) is 0 Å². The molecule has 0 saturated carbocycles. The molecule has 12 heavy (non-hydrogen) atoms. The standard InChI is InChI=1S/C8H7FINO/c9-6-3-1-2-5(4-10)7(6)8(11)12/h1-3H,4H2,(H2,11,12). The van der Waals surface area contributed by atoms with Crippen LogP contribution in [0.15, 0.2) is 18.2 Å². The molecule has 0 aliphatic carbocycles. The zero-order valence-corrected chi connectivity index (χ0v) is 8.34. The topological polar surface area (TPSA) is 43.1 Å². The number of benzene rings is 1. The first-order valence-electron chi connectivity index (χ1n) is 3.30. The molecule has 1 aromatic carbocycles. The Labute approximate surface area is 83.1 Å². The maximum absolute atomic E-state index is 13.0. The molecule has 2 N–H and O–H groups in total. The van der Waals surface area contributed by atoms with Gasteiger partial charge in [0.1, 0.15) is 5.82 Å². The summed E-state index contributed by atoms with van der Waals surface area (Å²) < 4.78 is 13.6. The number of hydrogen-bond donors (Lipinski definition) is 1. The summed E-state index contributed by atoms with van der Waals surface area (Å²) in [7, 11) is 0. The van der Waals surface area contributed by atoms with Crippen LogP contribution >= 0.6 is 22.6 Å². The molecule has 1 amide bonds. The first-order chi connectivity index (χ1) is 5.66. The Bertz CT molecular complexity index is 314. The highest BCUT2D eigenvalue weighted by molar-refractivity contribution is 14.1. The zero-order chi connectivity index (χ0) is 9.14. The van der Waals surface area contributed by atoms with Crippen molar-refractivity contribution in [3.05, 3.63) is 35.1 Å². The summed E-state index contributed by atoms with van der Waals surface area (Å²) in [5.74, 6) is -1.25. The third-order valence-electron chi connectivity index (χ3n) is 1.49. The number of hydrogen-bond acceptors (Lipinski definition) is 1. The molecular formula is C8H7FINO. The summed E-state index contributed by atoms with van der Waals surface area (Å²) in [6, 6.07) is 4.49. The van der Waals surface area contributed by atoms with Gasteiger partial charge in [-0.25, -0.2) is 4.39 Å². The van der Waals surface area contributed by atoms with E-state index < -0.39 is 11.7 Å². The van der Waals surface area contributed by atoms with Crippen molar-refractivity contribution in [1.82, 2.24) is 0 Å². The SMILES string of the molecule is NC(=O)c1c(F)cccc1CI. The molecule has 1 rings (SSSR count). The van der Waals surface area contributed by atoms with E-state index in [9.17, 15) is 9.18 Å². The van der Waals surface area contributed by atoms with Crippen LogP contribution in [0.3, 0.4) is 0 Å². The second-order valence-corrected chi connectivity index (χ2v) is 3.03. The van der Waals surface area contributed by atoms with Crippen molar-refractivity contribution in [2.45, 2.75) is 4.43 Å². The van der Waals surface area contributed by atoms with Crippen molar-refractivity contribution < 1.29 is 9.18 Å². The summed E-state index contributed by atoms with van der Waals surface area (Å²) >= 11 is 2.05. The van der Waals surface area contributed by atoms with Gasteiger partial charge in [-0.05, 0) is 11.6 Å². The second-order valence-electron chi connectivity index (χ2n) is 2.27. The third kappa shape index (κ3) is 1.74. The predicted molar refractivity (Wildman–Crippen MR) is 52.6 cm³/mol. The number of halogens is 2. The molecule has 0 saturated heterocycles. The van der Waals surface area contributed by atoms with Gasteiger partial charge in [0.25, 0.3) is 5.91 Å². The van der Waals surface area contributed by atoms with E-state index in [1.165, 1.54) is 6.07 Å². The van der Waals surface area contributed by atoms with E-state index >= 15 is 0 Å². The Morgan fingerprint density at radius 2 is 2.25 bits per heavy atom. The van der Waals surface area contributed by atoms with Gasteiger partial charge in [0, 0.05) is 4.43 Å². The quantitative estimate of drug-likeness (QED) is 0.651. The molecule has 0 fully saturated rings. The van der Waals surface area contributed by atoms with Crippen molar-refractivity contribution in [3.63, 3.8) is 0 Å². The molecule has 0 bridgehead atoms. The average Bonchev–Trinajstić information content (AvgIpc) is 2.03. The maximum atomic E-state index is 13.0. The van der Waals surface area contributed by atoms with E-state index in [2.05, 4.69) is 22.6 Å². The van der Waals surface area contributed by atoms with Crippen LogP contribution in [0.2, 0.25) is 0 Å². The fourth-order valence-corrected chi connectivity index (χ4v) is 1.59. The number of carbonyl (C=O) groups excluding carboxylic acids is 1. The smallest absolute Gasteiger partial charge is 0.251 e. The van der Waals surface area contributed by atoms with Crippen molar-refractivity contribution in [2.24, 2.45) is 5.73 Å². The molecule has 0 aromatic heterocycles. The van der Waals surface area contributed by atoms with Gasteiger partial charge in [-0.1, -0.05) is 34.7 Å². The number of alkyl halides is 1. The third-order valence-corrected chi connectivity index (χ3v) is 2.31. The average molecular weight is 279 g/mol. The molecule has 0 spiro atoms. The van der Waals surface area contributed by atoms with Crippen LogP contribution < -0.4 is 5.73 Å². The maximum Gasteiger partial charge on any atom is 0.251 e. The normalized spacial score (nSPS) is 9.83. The largest absolute Gasteiger partial charge is 0.365 e. The molecule has 0 unspecified atom stereocenters. The fourth-order valence-electron chi connectivity index (χ4n) is 0.956. The lowest BCUT2D eigenvalue weighted by atomic mass is 10.1. The highest BCUT2D eigenvalue weighted by atomic mass is 127. The minimum Gasteiger partial charge on any atom is -0.365 e. The molecule has 2 nitrogen and oxygen atoms in total. The highest BCUT2D eigenvalue weighted by Gasteiger charge is 2.11. The molecule has 4 heteroatoms. The van der Waals surface area contributed by atoms with Gasteiger partial charge in [0.15, 0.2) is 0 Å².